The van der Waals surface area contributed by atoms with Crippen molar-refractivity contribution in [3.63, 3.8) is 0 Å². The van der Waals surface area contributed by atoms with Gasteiger partial charge in [-0.05, 0) is 61.4 Å². The van der Waals surface area contributed by atoms with Crippen LogP contribution >= 0.6 is 22.9 Å². The highest BCUT2D eigenvalue weighted by Crippen LogP contribution is 2.25. The zero-order chi connectivity index (χ0) is 25.1. The van der Waals surface area contributed by atoms with Crippen LogP contribution in [0, 0.1) is 0 Å². The molecule has 2 heterocycles. The Morgan fingerprint density at radius 3 is 2.14 bits per heavy atom. The monoisotopic (exact) mass is 555 g/mol. The molecule has 3 aromatic rings. The van der Waals surface area contributed by atoms with Gasteiger partial charge in [0.2, 0.25) is 15.2 Å². The molecule has 1 aromatic heterocycles. The summed E-state index contributed by atoms with van der Waals surface area (Å²) >= 11 is 6.49. The molecular formula is C21H22ClN5O5S3. The fourth-order valence-electron chi connectivity index (χ4n) is 3.46. The third-order valence-corrected chi connectivity index (χ3v) is 10.0. The molecule has 0 radical (unpaired) electrons. The summed E-state index contributed by atoms with van der Waals surface area (Å²) < 4.78 is 54.7. The summed E-state index contributed by atoms with van der Waals surface area (Å²) in [7, 11) is -7.75. The van der Waals surface area contributed by atoms with Crippen LogP contribution in [0.25, 0.3) is 0 Å². The standard InChI is InChI=1S/C21H22ClN5O5S3/c22-16-7-5-15(6-8-16)19(28)23-20-24-25-21(33-20)34(29,30)26-17-9-11-18(12-10-17)35(31,32)27-13-3-1-2-4-14-27/h5-12,26H,1-4,13-14H2,(H,23,24,28). The number of carbonyl (C=O) groups excluding carboxylic acids is 1. The molecule has 14 heteroatoms. The van der Waals surface area contributed by atoms with Crippen LogP contribution < -0.4 is 10.0 Å². The van der Waals surface area contributed by atoms with Crippen molar-refractivity contribution in [2.24, 2.45) is 0 Å². The Bertz CT molecular complexity index is 1400. The molecule has 0 spiro atoms. The number of nitrogens with zero attached hydrogens (tertiary/aromatic N) is 3. The minimum Gasteiger partial charge on any atom is -0.296 e. The van der Waals surface area contributed by atoms with E-state index in [2.05, 4.69) is 20.2 Å². The minimum atomic E-state index is -4.11. The lowest BCUT2D eigenvalue weighted by molar-refractivity contribution is 0.102. The molecule has 0 saturated carbocycles. The van der Waals surface area contributed by atoms with Gasteiger partial charge < -0.3 is 0 Å². The zero-order valence-corrected chi connectivity index (χ0v) is 21.6. The number of halogens is 1. The molecule has 0 aliphatic carbocycles. The summed E-state index contributed by atoms with van der Waals surface area (Å²) in [5.41, 5.74) is 0.490. The van der Waals surface area contributed by atoms with Crippen molar-refractivity contribution in [3.8, 4) is 0 Å². The highest BCUT2D eigenvalue weighted by Gasteiger charge is 2.26. The van der Waals surface area contributed by atoms with Gasteiger partial charge in [-0.2, -0.15) is 12.7 Å². The summed E-state index contributed by atoms with van der Waals surface area (Å²) in [6.07, 6.45) is 3.65. The predicted molar refractivity (Wildman–Crippen MR) is 134 cm³/mol. The van der Waals surface area contributed by atoms with Crippen LogP contribution in [0.15, 0.2) is 57.8 Å². The van der Waals surface area contributed by atoms with Crippen molar-refractivity contribution < 1.29 is 21.6 Å². The number of carbonyl (C=O) groups is 1. The topological polar surface area (TPSA) is 138 Å². The number of nitrogens with one attached hydrogen (secondary N) is 2. The average molecular weight is 556 g/mol. The lowest BCUT2D eigenvalue weighted by atomic mass is 10.2. The Labute approximate surface area is 212 Å². The van der Waals surface area contributed by atoms with Crippen molar-refractivity contribution >= 4 is 59.7 Å². The average Bonchev–Trinajstić information content (AvgIpc) is 3.12. The largest absolute Gasteiger partial charge is 0.296 e. The number of rotatable bonds is 7. The van der Waals surface area contributed by atoms with E-state index in [1.54, 1.807) is 12.1 Å². The molecule has 1 amide bonds. The minimum absolute atomic E-state index is 0.00390. The predicted octanol–water partition coefficient (Wildman–Crippen LogP) is 3.81. The van der Waals surface area contributed by atoms with Crippen LogP contribution in [0.4, 0.5) is 10.8 Å². The third kappa shape index (κ3) is 6.16. The highest BCUT2D eigenvalue weighted by atomic mass is 35.5. The molecule has 4 rings (SSSR count). The lowest BCUT2D eigenvalue weighted by Gasteiger charge is -2.20. The lowest BCUT2D eigenvalue weighted by Crippen LogP contribution is -2.31. The Morgan fingerprint density at radius 2 is 1.51 bits per heavy atom. The van der Waals surface area contributed by atoms with Crippen LogP contribution in [-0.4, -0.2) is 50.3 Å². The quantitative estimate of drug-likeness (QED) is 0.423. The molecule has 0 atom stereocenters. The molecule has 1 aliphatic rings. The molecule has 2 aromatic carbocycles. The van der Waals surface area contributed by atoms with E-state index < -0.39 is 26.0 Å². The van der Waals surface area contributed by atoms with Gasteiger partial charge in [0.1, 0.15) is 0 Å². The first-order chi connectivity index (χ1) is 16.6. The van der Waals surface area contributed by atoms with Gasteiger partial charge in [-0.25, -0.2) is 8.42 Å². The zero-order valence-electron chi connectivity index (χ0n) is 18.3. The van der Waals surface area contributed by atoms with Gasteiger partial charge in [0.25, 0.3) is 20.3 Å². The molecule has 0 unspecified atom stereocenters. The van der Waals surface area contributed by atoms with Gasteiger partial charge in [-0.15, -0.1) is 10.2 Å². The van der Waals surface area contributed by atoms with Crippen LogP contribution in [0.2, 0.25) is 5.02 Å². The molecule has 10 nitrogen and oxygen atoms in total. The van der Waals surface area contributed by atoms with E-state index in [4.69, 9.17) is 11.6 Å². The molecule has 186 valence electrons. The van der Waals surface area contributed by atoms with Crippen molar-refractivity contribution in [3.05, 3.63) is 59.1 Å². The number of benzene rings is 2. The molecule has 1 fully saturated rings. The van der Waals surface area contributed by atoms with Gasteiger partial charge in [0.05, 0.1) is 4.90 Å². The van der Waals surface area contributed by atoms with Crippen LogP contribution in [0.3, 0.4) is 0 Å². The van der Waals surface area contributed by atoms with E-state index in [-0.39, 0.29) is 20.1 Å². The van der Waals surface area contributed by atoms with E-state index in [1.165, 1.54) is 40.7 Å². The maximum atomic E-state index is 12.9. The second kappa shape index (κ2) is 10.6. The number of aromatic nitrogens is 2. The van der Waals surface area contributed by atoms with Crippen LogP contribution in [0.5, 0.6) is 0 Å². The Morgan fingerprint density at radius 1 is 0.886 bits per heavy atom. The fourth-order valence-corrected chi connectivity index (χ4v) is 7.06. The van der Waals surface area contributed by atoms with Crippen LogP contribution in [0.1, 0.15) is 36.0 Å². The van der Waals surface area contributed by atoms with Crippen molar-refractivity contribution in [2.75, 3.05) is 23.1 Å². The number of hydrogen-bond acceptors (Lipinski definition) is 8. The number of amides is 1. The third-order valence-electron chi connectivity index (χ3n) is 5.27. The maximum Gasteiger partial charge on any atom is 0.291 e. The number of hydrogen-bond donors (Lipinski definition) is 2. The first-order valence-corrected chi connectivity index (χ1v) is 14.8. The Kier molecular flexibility index (Phi) is 7.71. The summed E-state index contributed by atoms with van der Waals surface area (Å²) in [6, 6.07) is 11.7. The smallest absolute Gasteiger partial charge is 0.291 e. The second-order valence-electron chi connectivity index (χ2n) is 7.78. The highest BCUT2D eigenvalue weighted by molar-refractivity contribution is 7.94. The molecule has 35 heavy (non-hydrogen) atoms. The molecule has 2 N–H and O–H groups in total. The van der Waals surface area contributed by atoms with E-state index in [0.717, 1.165) is 25.7 Å². The summed E-state index contributed by atoms with van der Waals surface area (Å²) in [6.45, 7) is 0.954. The first-order valence-electron chi connectivity index (χ1n) is 10.7. The van der Waals surface area contributed by atoms with E-state index in [1.807, 2.05) is 0 Å². The van der Waals surface area contributed by atoms with E-state index in [9.17, 15) is 21.6 Å². The molecule has 1 aliphatic heterocycles. The van der Waals surface area contributed by atoms with Crippen molar-refractivity contribution in [1.82, 2.24) is 14.5 Å². The van der Waals surface area contributed by atoms with Gasteiger partial charge in [0.15, 0.2) is 0 Å². The fraction of sp³-hybridized carbons (Fsp3) is 0.286. The van der Waals surface area contributed by atoms with E-state index in [0.29, 0.717) is 35.0 Å². The number of sulfonamides is 2. The molecule has 1 saturated heterocycles. The summed E-state index contributed by atoms with van der Waals surface area (Å²) in [4.78, 5) is 12.4. The maximum absolute atomic E-state index is 12.9. The molecular weight excluding hydrogens is 534 g/mol. The van der Waals surface area contributed by atoms with Crippen molar-refractivity contribution in [2.45, 2.75) is 34.9 Å². The second-order valence-corrected chi connectivity index (χ2v) is 13.0. The first kappa shape index (κ1) is 25.5. The van der Waals surface area contributed by atoms with Gasteiger partial charge >= 0.3 is 0 Å². The summed E-state index contributed by atoms with van der Waals surface area (Å²) in [5, 5.41) is 10.3. The SMILES string of the molecule is O=C(Nc1nnc(S(=O)(=O)Nc2ccc(S(=O)(=O)N3CCCCCC3)cc2)s1)c1ccc(Cl)cc1. The Hall–Kier alpha value is -2.58. The van der Waals surface area contributed by atoms with Gasteiger partial charge in [-0.1, -0.05) is 35.8 Å². The normalized spacial score (nSPS) is 15.3. The number of anilines is 2. The Balaban J connectivity index is 1.43. The van der Waals surface area contributed by atoms with Gasteiger partial charge in [0, 0.05) is 29.4 Å². The van der Waals surface area contributed by atoms with Gasteiger partial charge in [-0.3, -0.25) is 14.8 Å². The van der Waals surface area contributed by atoms with Crippen LogP contribution in [-0.2, 0) is 20.0 Å². The van der Waals surface area contributed by atoms with Crippen molar-refractivity contribution in [1.29, 1.82) is 0 Å². The molecule has 0 bridgehead atoms. The summed E-state index contributed by atoms with van der Waals surface area (Å²) in [5.74, 6) is -0.490. The van der Waals surface area contributed by atoms with E-state index >= 15 is 0 Å².